The molecule has 0 bridgehead atoms. The van der Waals surface area contributed by atoms with E-state index in [4.69, 9.17) is 10.5 Å². The van der Waals surface area contributed by atoms with Crippen molar-refractivity contribution in [1.82, 2.24) is 9.88 Å². The second kappa shape index (κ2) is 5.76. The first-order valence-corrected chi connectivity index (χ1v) is 7.16. The van der Waals surface area contributed by atoms with Crippen LogP contribution in [0, 0.1) is 6.92 Å². The van der Waals surface area contributed by atoms with Crippen LogP contribution in [0.2, 0.25) is 0 Å². The Kier molecular flexibility index (Phi) is 4.21. The molecule has 5 nitrogen and oxygen atoms in total. The Morgan fingerprint density at radius 3 is 2.67 bits per heavy atom. The minimum atomic E-state index is -0.460. The summed E-state index contributed by atoms with van der Waals surface area (Å²) >= 11 is 0. The lowest BCUT2D eigenvalue weighted by Crippen LogP contribution is -2.39. The molecule has 1 aliphatic heterocycles. The zero-order chi connectivity index (χ0) is 15.6. The molecule has 2 rings (SSSR count). The minimum Gasteiger partial charge on any atom is -0.444 e. The first kappa shape index (κ1) is 15.4. The summed E-state index contributed by atoms with van der Waals surface area (Å²) in [5.41, 5.74) is 8.64. The van der Waals surface area contributed by atoms with E-state index in [9.17, 15) is 4.79 Å². The predicted octanol–water partition coefficient (Wildman–Crippen LogP) is 3.00. The molecule has 0 atom stereocenters. The Hall–Kier alpha value is -2.04. The van der Waals surface area contributed by atoms with Crippen LogP contribution in [0.3, 0.4) is 0 Å². The van der Waals surface area contributed by atoms with Crippen LogP contribution in [0.5, 0.6) is 0 Å². The maximum Gasteiger partial charge on any atom is 0.410 e. The highest BCUT2D eigenvalue weighted by atomic mass is 16.6. The molecule has 0 fully saturated rings. The second-order valence-electron chi connectivity index (χ2n) is 6.33. The van der Waals surface area contributed by atoms with E-state index in [0.717, 1.165) is 17.5 Å². The van der Waals surface area contributed by atoms with E-state index in [1.54, 1.807) is 11.1 Å². The summed E-state index contributed by atoms with van der Waals surface area (Å²) in [6.45, 7) is 8.87. The average molecular weight is 289 g/mol. The van der Waals surface area contributed by atoms with Gasteiger partial charge in [-0.1, -0.05) is 6.08 Å². The third-order valence-electron chi connectivity index (χ3n) is 3.34. The number of ether oxygens (including phenoxy) is 1. The quantitative estimate of drug-likeness (QED) is 0.863. The van der Waals surface area contributed by atoms with E-state index in [1.807, 2.05) is 33.8 Å². The molecular formula is C16H23N3O2. The lowest BCUT2D eigenvalue weighted by atomic mass is 9.97. The molecule has 0 unspecified atom stereocenters. The molecule has 0 saturated heterocycles. The molecule has 21 heavy (non-hydrogen) atoms. The Morgan fingerprint density at radius 2 is 2.14 bits per heavy atom. The van der Waals surface area contributed by atoms with Crippen LogP contribution < -0.4 is 5.73 Å². The second-order valence-corrected chi connectivity index (χ2v) is 6.33. The molecule has 0 spiro atoms. The molecule has 1 aromatic rings. The number of aryl methyl sites for hydroxylation is 1. The maximum absolute atomic E-state index is 12.0. The number of amides is 1. The topological polar surface area (TPSA) is 68.5 Å². The first-order chi connectivity index (χ1) is 9.76. The highest BCUT2D eigenvalue weighted by molar-refractivity contribution is 5.73. The van der Waals surface area contributed by atoms with E-state index in [1.165, 1.54) is 5.57 Å². The van der Waals surface area contributed by atoms with Crippen molar-refractivity contribution in [2.75, 3.05) is 18.8 Å². The third kappa shape index (κ3) is 3.97. The number of nitrogens with zero attached hydrogens (tertiary/aromatic N) is 2. The largest absolute Gasteiger partial charge is 0.444 e. The van der Waals surface area contributed by atoms with Gasteiger partial charge in [-0.2, -0.15) is 0 Å². The smallest absolute Gasteiger partial charge is 0.410 e. The summed E-state index contributed by atoms with van der Waals surface area (Å²) in [5.74, 6) is 0.531. The van der Waals surface area contributed by atoms with Crippen LogP contribution in [0.1, 0.15) is 38.3 Å². The third-order valence-corrected chi connectivity index (χ3v) is 3.34. The van der Waals surface area contributed by atoms with Gasteiger partial charge in [-0.05, 0) is 56.9 Å². The van der Waals surface area contributed by atoms with Crippen LogP contribution in [0.15, 0.2) is 18.3 Å². The zero-order valence-corrected chi connectivity index (χ0v) is 13.1. The minimum absolute atomic E-state index is 0.259. The van der Waals surface area contributed by atoms with E-state index < -0.39 is 5.60 Å². The summed E-state index contributed by atoms with van der Waals surface area (Å²) in [6, 6.07) is 1.87. The standard InChI is InChI=1S/C16H23N3O2/c1-11-9-14(17)18-10-13(11)12-5-7-19(8-6-12)15(20)21-16(2,3)4/h5,9-10H,6-8H2,1-4H3,(H2,17,18). The van der Waals surface area contributed by atoms with E-state index in [-0.39, 0.29) is 6.09 Å². The highest BCUT2D eigenvalue weighted by Crippen LogP contribution is 2.26. The van der Waals surface area contributed by atoms with E-state index in [0.29, 0.717) is 18.9 Å². The Morgan fingerprint density at radius 1 is 1.43 bits per heavy atom. The monoisotopic (exact) mass is 289 g/mol. The number of rotatable bonds is 1. The van der Waals surface area contributed by atoms with Crippen molar-refractivity contribution in [3.05, 3.63) is 29.5 Å². The van der Waals surface area contributed by atoms with Crippen LogP contribution in [-0.4, -0.2) is 34.7 Å². The van der Waals surface area contributed by atoms with Gasteiger partial charge in [-0.25, -0.2) is 9.78 Å². The number of anilines is 1. The van der Waals surface area contributed by atoms with Gasteiger partial charge in [0.2, 0.25) is 0 Å². The molecule has 1 aromatic heterocycles. The number of carbonyl (C=O) groups is 1. The van der Waals surface area contributed by atoms with Gasteiger partial charge in [-0.3, -0.25) is 0 Å². The van der Waals surface area contributed by atoms with Crippen LogP contribution in [0.4, 0.5) is 10.6 Å². The lowest BCUT2D eigenvalue weighted by molar-refractivity contribution is 0.0270. The summed E-state index contributed by atoms with van der Waals surface area (Å²) in [6.07, 6.45) is 4.41. The van der Waals surface area contributed by atoms with Crippen molar-refractivity contribution < 1.29 is 9.53 Å². The molecular weight excluding hydrogens is 266 g/mol. The summed E-state index contributed by atoms with van der Waals surface area (Å²) < 4.78 is 5.39. The molecule has 5 heteroatoms. The van der Waals surface area contributed by atoms with E-state index in [2.05, 4.69) is 11.1 Å². The molecule has 0 radical (unpaired) electrons. The van der Waals surface area contributed by atoms with Gasteiger partial charge in [0.1, 0.15) is 11.4 Å². The van der Waals surface area contributed by atoms with Crippen LogP contribution in [-0.2, 0) is 4.74 Å². The van der Waals surface area contributed by atoms with Crippen molar-refractivity contribution in [3.8, 4) is 0 Å². The molecule has 1 amide bonds. The number of nitrogens with two attached hydrogens (primary N) is 1. The van der Waals surface area contributed by atoms with Crippen LogP contribution >= 0.6 is 0 Å². The van der Waals surface area contributed by atoms with Crippen LogP contribution in [0.25, 0.3) is 5.57 Å². The Balaban J connectivity index is 2.07. The van der Waals surface area contributed by atoms with Gasteiger partial charge in [0.05, 0.1) is 0 Å². The van der Waals surface area contributed by atoms with Gasteiger partial charge in [0.25, 0.3) is 0 Å². The van der Waals surface area contributed by atoms with Gasteiger partial charge < -0.3 is 15.4 Å². The fourth-order valence-electron chi connectivity index (χ4n) is 2.32. The summed E-state index contributed by atoms with van der Waals surface area (Å²) in [7, 11) is 0. The number of aromatic nitrogens is 1. The highest BCUT2D eigenvalue weighted by Gasteiger charge is 2.24. The van der Waals surface area contributed by atoms with Gasteiger partial charge in [0.15, 0.2) is 0 Å². The number of pyridine rings is 1. The predicted molar refractivity (Wildman–Crippen MR) is 83.8 cm³/mol. The van der Waals surface area contributed by atoms with Gasteiger partial charge in [0, 0.05) is 19.3 Å². The number of nitrogen functional groups attached to an aromatic ring is 1. The summed E-state index contributed by atoms with van der Waals surface area (Å²) in [5, 5.41) is 0. The molecule has 1 aliphatic rings. The Bertz CT molecular complexity index is 573. The van der Waals surface area contributed by atoms with Crippen molar-refractivity contribution in [3.63, 3.8) is 0 Å². The Labute approximate surface area is 125 Å². The van der Waals surface area contributed by atoms with Crippen molar-refractivity contribution in [2.24, 2.45) is 0 Å². The van der Waals surface area contributed by atoms with Gasteiger partial charge >= 0.3 is 6.09 Å². The number of carbonyl (C=O) groups excluding carboxylic acids is 1. The fourth-order valence-corrected chi connectivity index (χ4v) is 2.32. The molecule has 0 saturated carbocycles. The SMILES string of the molecule is Cc1cc(N)ncc1C1=CCN(C(=O)OC(C)(C)C)CC1. The molecule has 2 N–H and O–H groups in total. The lowest BCUT2D eigenvalue weighted by Gasteiger charge is -2.29. The van der Waals surface area contributed by atoms with Crippen molar-refractivity contribution in [1.29, 1.82) is 0 Å². The molecule has 0 aromatic carbocycles. The fraction of sp³-hybridized carbons (Fsp3) is 0.500. The molecule has 2 heterocycles. The normalized spacial score (nSPS) is 15.6. The number of hydrogen-bond acceptors (Lipinski definition) is 4. The number of hydrogen-bond donors (Lipinski definition) is 1. The molecule has 114 valence electrons. The maximum atomic E-state index is 12.0. The average Bonchev–Trinajstić information content (AvgIpc) is 2.37. The zero-order valence-electron chi connectivity index (χ0n) is 13.1. The van der Waals surface area contributed by atoms with E-state index >= 15 is 0 Å². The summed E-state index contributed by atoms with van der Waals surface area (Å²) in [4.78, 5) is 17.9. The first-order valence-electron chi connectivity index (χ1n) is 7.16. The van der Waals surface area contributed by atoms with Crippen molar-refractivity contribution in [2.45, 2.75) is 39.7 Å². The molecule has 0 aliphatic carbocycles. The van der Waals surface area contributed by atoms with Gasteiger partial charge in [-0.15, -0.1) is 0 Å². The van der Waals surface area contributed by atoms with Crippen molar-refractivity contribution >= 4 is 17.5 Å².